The third-order valence-corrected chi connectivity index (χ3v) is 3.24. The van der Waals surface area contributed by atoms with Crippen molar-refractivity contribution in [2.75, 3.05) is 13.2 Å². The third kappa shape index (κ3) is 2.20. The fourth-order valence-electron chi connectivity index (χ4n) is 2.26. The van der Waals surface area contributed by atoms with Crippen LogP contribution in [0.1, 0.15) is 26.7 Å². The molecule has 1 saturated heterocycles. The number of imide groups is 1. The molecule has 7 nitrogen and oxygen atoms in total. The summed E-state index contributed by atoms with van der Waals surface area (Å²) in [6.07, 6.45) is 1.64. The Morgan fingerprint density at radius 3 is 2.74 bits per heavy atom. The smallest absolute Gasteiger partial charge is 0.355 e. The molecule has 0 aromatic carbocycles. The van der Waals surface area contributed by atoms with Crippen LogP contribution in [0.2, 0.25) is 0 Å². The lowest BCUT2D eigenvalue weighted by Gasteiger charge is -2.14. The first-order valence-corrected chi connectivity index (χ1v) is 6.47. The first-order valence-electron chi connectivity index (χ1n) is 6.47. The highest BCUT2D eigenvalue weighted by molar-refractivity contribution is 6.43. The molecule has 0 aliphatic carbocycles. The van der Waals surface area contributed by atoms with Gasteiger partial charge in [-0.15, -0.1) is 0 Å². The summed E-state index contributed by atoms with van der Waals surface area (Å²) in [4.78, 5) is 37.1. The van der Waals surface area contributed by atoms with Crippen molar-refractivity contribution in [2.24, 2.45) is 11.0 Å². The summed E-state index contributed by atoms with van der Waals surface area (Å²) >= 11 is 0. The van der Waals surface area contributed by atoms with Gasteiger partial charge in [-0.05, 0) is 13.3 Å². The van der Waals surface area contributed by atoms with Gasteiger partial charge >= 0.3 is 5.97 Å². The van der Waals surface area contributed by atoms with Crippen LogP contribution in [-0.2, 0) is 19.1 Å². The number of likely N-dealkylation sites (tertiary alicyclic amines) is 1. The Labute approximate surface area is 111 Å². The van der Waals surface area contributed by atoms with Crippen molar-refractivity contribution in [3.05, 3.63) is 0 Å². The summed E-state index contributed by atoms with van der Waals surface area (Å²) in [5, 5.41) is 3.78. The van der Waals surface area contributed by atoms with E-state index in [1.807, 2.05) is 6.92 Å². The number of carbonyl (C=O) groups is 3. The predicted octanol–water partition coefficient (Wildman–Crippen LogP) is -0.338. The molecular weight excluding hydrogens is 250 g/mol. The van der Waals surface area contributed by atoms with E-state index in [9.17, 15) is 14.4 Å². The zero-order valence-electron chi connectivity index (χ0n) is 11.0. The molecule has 2 amide bonds. The van der Waals surface area contributed by atoms with Crippen molar-refractivity contribution in [1.82, 2.24) is 10.3 Å². The average Bonchev–Trinajstić information content (AvgIpc) is 2.91. The molecule has 0 spiro atoms. The monoisotopic (exact) mass is 267 g/mol. The standard InChI is InChI=1S/C12H17N3O4/c1-3-5-6-15-10(16)7-8(11(15)17)13-14-9(7)12(18)19-4-2/h7-8,13H,3-6H2,1-2H3/t7-,8+/m0/s1. The minimum atomic E-state index is -0.830. The molecular formula is C12H17N3O4. The predicted molar refractivity (Wildman–Crippen MR) is 66.1 cm³/mol. The van der Waals surface area contributed by atoms with E-state index < -0.39 is 17.9 Å². The van der Waals surface area contributed by atoms with Gasteiger partial charge in [-0.3, -0.25) is 19.9 Å². The number of fused-ring (bicyclic) bond motifs is 1. The highest BCUT2D eigenvalue weighted by Crippen LogP contribution is 2.26. The number of hydrazone groups is 1. The maximum absolute atomic E-state index is 12.2. The van der Waals surface area contributed by atoms with Gasteiger partial charge in [0.25, 0.3) is 5.91 Å². The van der Waals surface area contributed by atoms with Gasteiger partial charge in [-0.25, -0.2) is 4.79 Å². The second-order valence-electron chi connectivity index (χ2n) is 4.48. The SMILES string of the molecule is CCCCN1C(=O)[C@@H]2C(C(=O)OCC)=NN[C@H]2C1=O. The summed E-state index contributed by atoms with van der Waals surface area (Å²) in [5.41, 5.74) is 2.57. The van der Waals surface area contributed by atoms with Crippen LogP contribution in [0, 0.1) is 5.92 Å². The lowest BCUT2D eigenvalue weighted by Crippen LogP contribution is -2.36. The summed E-state index contributed by atoms with van der Waals surface area (Å²) in [6, 6.07) is -0.747. The molecule has 0 saturated carbocycles. The van der Waals surface area contributed by atoms with Gasteiger partial charge in [0, 0.05) is 6.54 Å². The first kappa shape index (κ1) is 13.5. The second-order valence-corrected chi connectivity index (χ2v) is 4.48. The number of carbonyl (C=O) groups excluding carboxylic acids is 3. The summed E-state index contributed by atoms with van der Waals surface area (Å²) < 4.78 is 4.84. The van der Waals surface area contributed by atoms with Crippen LogP contribution in [0.25, 0.3) is 0 Å². The van der Waals surface area contributed by atoms with E-state index in [1.165, 1.54) is 4.90 Å². The minimum absolute atomic E-state index is 0.00389. The van der Waals surface area contributed by atoms with Crippen LogP contribution in [0.5, 0.6) is 0 Å². The Bertz CT molecular complexity index is 446. The molecule has 0 unspecified atom stereocenters. The van der Waals surface area contributed by atoms with E-state index in [0.717, 1.165) is 12.8 Å². The van der Waals surface area contributed by atoms with Crippen molar-refractivity contribution < 1.29 is 19.1 Å². The normalized spacial score (nSPS) is 25.2. The van der Waals surface area contributed by atoms with Crippen LogP contribution < -0.4 is 5.43 Å². The second kappa shape index (κ2) is 5.38. The van der Waals surface area contributed by atoms with Crippen molar-refractivity contribution in [3.63, 3.8) is 0 Å². The fraction of sp³-hybridized carbons (Fsp3) is 0.667. The maximum Gasteiger partial charge on any atom is 0.355 e. The summed E-state index contributed by atoms with van der Waals surface area (Å²) in [5.74, 6) is -2.14. The zero-order valence-corrected chi connectivity index (χ0v) is 11.0. The van der Waals surface area contributed by atoms with Gasteiger partial charge in [-0.1, -0.05) is 13.3 Å². The number of nitrogens with zero attached hydrogens (tertiary/aromatic N) is 2. The minimum Gasteiger partial charge on any atom is -0.461 e. The van der Waals surface area contributed by atoms with E-state index in [-0.39, 0.29) is 24.1 Å². The van der Waals surface area contributed by atoms with Gasteiger partial charge in [0.2, 0.25) is 5.91 Å². The summed E-state index contributed by atoms with van der Waals surface area (Å²) in [7, 11) is 0. The largest absolute Gasteiger partial charge is 0.461 e. The van der Waals surface area contributed by atoms with E-state index in [2.05, 4.69) is 10.5 Å². The molecule has 0 radical (unpaired) electrons. The number of unbranched alkanes of at least 4 members (excludes halogenated alkanes) is 1. The maximum atomic E-state index is 12.2. The van der Waals surface area contributed by atoms with E-state index >= 15 is 0 Å². The third-order valence-electron chi connectivity index (χ3n) is 3.24. The number of rotatable bonds is 5. The molecule has 2 atom stereocenters. The molecule has 0 aromatic heterocycles. The number of esters is 1. The molecule has 1 fully saturated rings. The Hall–Kier alpha value is -1.92. The molecule has 2 aliphatic rings. The molecule has 2 rings (SSSR count). The molecule has 7 heteroatoms. The van der Waals surface area contributed by atoms with E-state index in [1.54, 1.807) is 6.92 Å². The molecule has 2 aliphatic heterocycles. The van der Waals surface area contributed by atoms with Gasteiger partial charge in [0.15, 0.2) is 5.71 Å². The Morgan fingerprint density at radius 1 is 1.37 bits per heavy atom. The molecule has 104 valence electrons. The lowest BCUT2D eigenvalue weighted by atomic mass is 9.99. The molecule has 19 heavy (non-hydrogen) atoms. The van der Waals surface area contributed by atoms with Crippen molar-refractivity contribution in [2.45, 2.75) is 32.7 Å². The Morgan fingerprint density at radius 2 is 2.11 bits per heavy atom. The average molecular weight is 267 g/mol. The zero-order chi connectivity index (χ0) is 14.0. The van der Waals surface area contributed by atoms with Crippen LogP contribution >= 0.6 is 0 Å². The number of hydrogen-bond acceptors (Lipinski definition) is 6. The summed E-state index contributed by atoms with van der Waals surface area (Å²) in [6.45, 7) is 4.25. The number of amides is 2. The highest BCUT2D eigenvalue weighted by atomic mass is 16.5. The van der Waals surface area contributed by atoms with Gasteiger partial charge < -0.3 is 4.74 Å². The first-order chi connectivity index (χ1) is 9.11. The van der Waals surface area contributed by atoms with Crippen molar-refractivity contribution in [3.8, 4) is 0 Å². The van der Waals surface area contributed by atoms with Crippen LogP contribution in [0.15, 0.2) is 5.10 Å². The fourth-order valence-corrected chi connectivity index (χ4v) is 2.26. The van der Waals surface area contributed by atoms with Crippen LogP contribution in [0.3, 0.4) is 0 Å². The van der Waals surface area contributed by atoms with Crippen molar-refractivity contribution >= 4 is 23.5 Å². The highest BCUT2D eigenvalue weighted by Gasteiger charge is 2.54. The topological polar surface area (TPSA) is 88.1 Å². The van der Waals surface area contributed by atoms with Crippen LogP contribution in [0.4, 0.5) is 0 Å². The number of hydrogen-bond donors (Lipinski definition) is 1. The Kier molecular flexibility index (Phi) is 3.82. The molecule has 0 aromatic rings. The number of ether oxygens (including phenoxy) is 1. The number of nitrogens with one attached hydrogen (secondary N) is 1. The Balaban J connectivity index is 2.14. The van der Waals surface area contributed by atoms with E-state index in [0.29, 0.717) is 6.54 Å². The molecule has 0 bridgehead atoms. The quantitative estimate of drug-likeness (QED) is 0.544. The van der Waals surface area contributed by atoms with Gasteiger partial charge in [0.1, 0.15) is 12.0 Å². The van der Waals surface area contributed by atoms with Crippen molar-refractivity contribution in [1.29, 1.82) is 0 Å². The van der Waals surface area contributed by atoms with Gasteiger partial charge in [-0.2, -0.15) is 5.10 Å². The lowest BCUT2D eigenvalue weighted by molar-refractivity contribution is -0.140. The molecule has 1 N–H and O–H groups in total. The van der Waals surface area contributed by atoms with Crippen LogP contribution in [-0.4, -0.2) is 47.6 Å². The molecule has 2 heterocycles. The van der Waals surface area contributed by atoms with Gasteiger partial charge in [0.05, 0.1) is 6.61 Å². The van der Waals surface area contributed by atoms with E-state index in [4.69, 9.17) is 4.74 Å².